The quantitative estimate of drug-likeness (QED) is 0.574. The first-order chi connectivity index (χ1) is 9.04. The highest BCUT2D eigenvalue weighted by molar-refractivity contribution is 5.50. The first-order valence-corrected chi connectivity index (χ1v) is 6.85. The van der Waals surface area contributed by atoms with Gasteiger partial charge in [0.05, 0.1) is 6.61 Å². The SMILES string of the molecule is CCCCCOc1cc(O)cc(O)c1CC=C(C)C. The number of phenols is 2. The van der Waals surface area contributed by atoms with Crippen LogP contribution in [0, 0.1) is 0 Å². The van der Waals surface area contributed by atoms with E-state index in [0.717, 1.165) is 24.8 Å². The summed E-state index contributed by atoms with van der Waals surface area (Å²) in [6.07, 6.45) is 5.88. The molecule has 0 unspecified atom stereocenters. The fourth-order valence-electron chi connectivity index (χ4n) is 1.79. The second kappa shape index (κ2) is 7.72. The van der Waals surface area contributed by atoms with Crippen molar-refractivity contribution in [3.8, 4) is 17.2 Å². The summed E-state index contributed by atoms with van der Waals surface area (Å²) >= 11 is 0. The maximum absolute atomic E-state index is 9.92. The predicted octanol–water partition coefficient (Wildman–Crippen LogP) is 4.18. The van der Waals surface area contributed by atoms with Gasteiger partial charge in [-0.25, -0.2) is 0 Å². The summed E-state index contributed by atoms with van der Waals surface area (Å²) in [7, 11) is 0. The third-order valence-corrected chi connectivity index (χ3v) is 2.89. The van der Waals surface area contributed by atoms with Gasteiger partial charge in [-0.15, -0.1) is 0 Å². The monoisotopic (exact) mass is 264 g/mol. The Balaban J connectivity index is 2.83. The van der Waals surface area contributed by atoms with Gasteiger partial charge < -0.3 is 14.9 Å². The van der Waals surface area contributed by atoms with Crippen molar-refractivity contribution in [3.05, 3.63) is 29.3 Å². The smallest absolute Gasteiger partial charge is 0.130 e. The van der Waals surface area contributed by atoms with Gasteiger partial charge in [-0.1, -0.05) is 31.4 Å². The summed E-state index contributed by atoms with van der Waals surface area (Å²) in [6, 6.07) is 2.92. The van der Waals surface area contributed by atoms with Crippen molar-refractivity contribution in [2.45, 2.75) is 46.5 Å². The highest BCUT2D eigenvalue weighted by Gasteiger charge is 2.10. The second-order valence-corrected chi connectivity index (χ2v) is 4.98. The Labute approximate surface area is 115 Å². The van der Waals surface area contributed by atoms with Crippen molar-refractivity contribution in [1.29, 1.82) is 0 Å². The van der Waals surface area contributed by atoms with E-state index in [4.69, 9.17) is 4.74 Å². The lowest BCUT2D eigenvalue weighted by molar-refractivity contribution is 0.299. The fourth-order valence-corrected chi connectivity index (χ4v) is 1.79. The van der Waals surface area contributed by atoms with Gasteiger partial charge in [-0.2, -0.15) is 0 Å². The summed E-state index contributed by atoms with van der Waals surface area (Å²) in [6.45, 7) is 6.78. The molecule has 3 heteroatoms. The molecule has 1 aromatic rings. The maximum atomic E-state index is 9.92. The first-order valence-electron chi connectivity index (χ1n) is 6.85. The number of benzene rings is 1. The molecule has 0 spiro atoms. The lowest BCUT2D eigenvalue weighted by Gasteiger charge is -2.12. The molecule has 0 heterocycles. The highest BCUT2D eigenvalue weighted by Crippen LogP contribution is 2.33. The Hall–Kier alpha value is -1.64. The Morgan fingerprint density at radius 2 is 1.95 bits per heavy atom. The molecule has 0 amide bonds. The van der Waals surface area contributed by atoms with Crippen LogP contribution in [0.5, 0.6) is 17.2 Å². The predicted molar refractivity (Wildman–Crippen MR) is 77.9 cm³/mol. The third-order valence-electron chi connectivity index (χ3n) is 2.89. The molecule has 0 saturated carbocycles. The van der Waals surface area contributed by atoms with Crippen LogP contribution in [-0.4, -0.2) is 16.8 Å². The molecule has 0 saturated heterocycles. The molecule has 0 aromatic heterocycles. The molecule has 0 aliphatic heterocycles. The topological polar surface area (TPSA) is 49.7 Å². The molecule has 2 N–H and O–H groups in total. The largest absolute Gasteiger partial charge is 0.508 e. The van der Waals surface area contributed by atoms with Crippen LogP contribution in [0.2, 0.25) is 0 Å². The molecule has 3 nitrogen and oxygen atoms in total. The van der Waals surface area contributed by atoms with Gasteiger partial charge >= 0.3 is 0 Å². The van der Waals surface area contributed by atoms with Crippen molar-refractivity contribution >= 4 is 0 Å². The summed E-state index contributed by atoms with van der Waals surface area (Å²) < 4.78 is 5.68. The highest BCUT2D eigenvalue weighted by atomic mass is 16.5. The molecule has 106 valence electrons. The van der Waals surface area contributed by atoms with Crippen molar-refractivity contribution in [2.24, 2.45) is 0 Å². The van der Waals surface area contributed by atoms with E-state index < -0.39 is 0 Å². The molecule has 1 rings (SSSR count). The van der Waals surface area contributed by atoms with Crippen LogP contribution >= 0.6 is 0 Å². The summed E-state index contributed by atoms with van der Waals surface area (Å²) in [5.41, 5.74) is 1.92. The molecule has 0 bridgehead atoms. The van der Waals surface area contributed by atoms with Crippen LogP contribution in [0.4, 0.5) is 0 Å². The van der Waals surface area contributed by atoms with Gasteiger partial charge in [-0.3, -0.25) is 0 Å². The number of aromatic hydroxyl groups is 2. The van der Waals surface area contributed by atoms with Crippen molar-refractivity contribution in [2.75, 3.05) is 6.61 Å². The summed E-state index contributed by atoms with van der Waals surface area (Å²) in [5, 5.41) is 19.5. The van der Waals surface area contributed by atoms with E-state index in [1.165, 1.54) is 11.6 Å². The molecule has 0 radical (unpaired) electrons. The normalized spacial score (nSPS) is 10.3. The molecule has 0 fully saturated rings. The van der Waals surface area contributed by atoms with Crippen molar-refractivity contribution in [1.82, 2.24) is 0 Å². The number of phenolic OH excluding ortho intramolecular Hbond substituents is 2. The van der Waals surface area contributed by atoms with E-state index in [9.17, 15) is 10.2 Å². The number of rotatable bonds is 7. The number of allylic oxidation sites excluding steroid dienone is 2. The molecule has 19 heavy (non-hydrogen) atoms. The molecular formula is C16H24O3. The van der Waals surface area contributed by atoms with Gasteiger partial charge in [0.25, 0.3) is 0 Å². The minimum atomic E-state index is 0.0314. The maximum Gasteiger partial charge on any atom is 0.130 e. The number of hydrogen-bond donors (Lipinski definition) is 2. The minimum absolute atomic E-state index is 0.0314. The van der Waals surface area contributed by atoms with E-state index in [2.05, 4.69) is 6.92 Å². The third kappa shape index (κ3) is 5.25. The van der Waals surface area contributed by atoms with Crippen molar-refractivity contribution in [3.63, 3.8) is 0 Å². The molecule has 1 aromatic carbocycles. The zero-order chi connectivity index (χ0) is 14.3. The lowest BCUT2D eigenvalue weighted by atomic mass is 10.1. The van der Waals surface area contributed by atoms with Crippen molar-refractivity contribution < 1.29 is 14.9 Å². The zero-order valence-corrected chi connectivity index (χ0v) is 12.1. The zero-order valence-electron chi connectivity index (χ0n) is 12.1. The number of hydrogen-bond acceptors (Lipinski definition) is 3. The average Bonchev–Trinajstić information content (AvgIpc) is 2.33. The fraction of sp³-hybridized carbons (Fsp3) is 0.500. The Morgan fingerprint density at radius 3 is 2.58 bits per heavy atom. The molecule has 0 atom stereocenters. The Morgan fingerprint density at radius 1 is 1.21 bits per heavy atom. The minimum Gasteiger partial charge on any atom is -0.508 e. The van der Waals surface area contributed by atoms with Gasteiger partial charge in [-0.05, 0) is 26.7 Å². The number of ether oxygens (including phenoxy) is 1. The van der Waals surface area contributed by atoms with E-state index in [1.54, 1.807) is 6.07 Å². The average molecular weight is 264 g/mol. The van der Waals surface area contributed by atoms with Crippen LogP contribution in [0.1, 0.15) is 45.6 Å². The molecule has 0 aliphatic rings. The van der Waals surface area contributed by atoms with Crippen LogP contribution in [-0.2, 0) is 6.42 Å². The Kier molecular flexibility index (Phi) is 6.26. The summed E-state index contributed by atoms with van der Waals surface area (Å²) in [5.74, 6) is 0.693. The van der Waals surface area contributed by atoms with Crippen LogP contribution < -0.4 is 4.74 Å². The Bertz CT molecular complexity index is 432. The van der Waals surface area contributed by atoms with Gasteiger partial charge in [0.15, 0.2) is 0 Å². The standard InChI is InChI=1S/C16H24O3/c1-4-5-6-9-19-16-11-13(17)10-15(18)14(16)8-7-12(2)3/h7,10-11,17-18H,4-6,8-9H2,1-3H3. The summed E-state index contributed by atoms with van der Waals surface area (Å²) in [4.78, 5) is 0. The van der Waals surface area contributed by atoms with Crippen LogP contribution in [0.3, 0.4) is 0 Å². The second-order valence-electron chi connectivity index (χ2n) is 4.98. The van der Waals surface area contributed by atoms with Crippen LogP contribution in [0.15, 0.2) is 23.8 Å². The van der Waals surface area contributed by atoms with Gasteiger partial charge in [0.1, 0.15) is 17.2 Å². The lowest BCUT2D eigenvalue weighted by Crippen LogP contribution is -2.00. The molecule has 0 aliphatic carbocycles. The molecular weight excluding hydrogens is 240 g/mol. The van der Waals surface area contributed by atoms with E-state index in [0.29, 0.717) is 18.8 Å². The van der Waals surface area contributed by atoms with Gasteiger partial charge in [0.2, 0.25) is 0 Å². The van der Waals surface area contributed by atoms with E-state index in [1.807, 2.05) is 19.9 Å². The van der Waals surface area contributed by atoms with Crippen LogP contribution in [0.25, 0.3) is 0 Å². The first kappa shape index (κ1) is 15.4. The van der Waals surface area contributed by atoms with E-state index in [-0.39, 0.29) is 11.5 Å². The van der Waals surface area contributed by atoms with E-state index >= 15 is 0 Å². The number of unbranched alkanes of at least 4 members (excludes halogenated alkanes) is 2. The van der Waals surface area contributed by atoms with Gasteiger partial charge in [0, 0.05) is 17.7 Å².